The van der Waals surface area contributed by atoms with Gasteiger partial charge < -0.3 is 0 Å². The smallest absolute Gasteiger partial charge is 0.294 e. The van der Waals surface area contributed by atoms with Gasteiger partial charge in [0.05, 0.1) is 5.69 Å². The predicted molar refractivity (Wildman–Crippen MR) is 38.3 cm³/mol. The lowest BCUT2D eigenvalue weighted by atomic mass is 10.4. The van der Waals surface area contributed by atoms with Crippen LogP contribution in [0.4, 0.5) is 8.78 Å². The third-order valence-corrected chi connectivity index (χ3v) is 1.71. The van der Waals surface area contributed by atoms with Crippen molar-refractivity contribution in [1.29, 1.82) is 0 Å². The Morgan fingerprint density at radius 1 is 1.50 bits per heavy atom. The summed E-state index contributed by atoms with van der Waals surface area (Å²) in [5, 5.41) is 0. The van der Waals surface area contributed by atoms with Crippen molar-refractivity contribution in [2.45, 2.75) is 20.4 Å². The normalized spacial score (nSPS) is 10.8. The van der Waals surface area contributed by atoms with E-state index in [1.54, 1.807) is 6.92 Å². The molecule has 0 amide bonds. The van der Waals surface area contributed by atoms with Crippen molar-refractivity contribution in [1.82, 2.24) is 9.55 Å². The standard InChI is InChI=1S/C7H8F2N2O/c1-4-5(2)11(7(8)9)6(3-12)10-4/h3,7H,1-2H3. The molecular weight excluding hydrogens is 166 g/mol. The van der Waals surface area contributed by atoms with Crippen molar-refractivity contribution in [3.8, 4) is 0 Å². The van der Waals surface area contributed by atoms with Gasteiger partial charge in [-0.05, 0) is 13.8 Å². The van der Waals surface area contributed by atoms with Crippen LogP contribution in [0.5, 0.6) is 0 Å². The molecule has 66 valence electrons. The van der Waals surface area contributed by atoms with Crippen molar-refractivity contribution < 1.29 is 13.6 Å². The zero-order valence-corrected chi connectivity index (χ0v) is 6.71. The number of aromatic nitrogens is 2. The molecule has 1 heterocycles. The lowest BCUT2D eigenvalue weighted by Gasteiger charge is -2.03. The Balaban J connectivity index is 3.30. The van der Waals surface area contributed by atoms with E-state index in [4.69, 9.17) is 0 Å². The molecule has 1 rings (SSSR count). The van der Waals surface area contributed by atoms with Crippen LogP contribution < -0.4 is 0 Å². The largest absolute Gasteiger partial charge is 0.320 e. The van der Waals surface area contributed by atoms with Crippen LogP contribution in [0.25, 0.3) is 0 Å². The highest BCUT2D eigenvalue weighted by Crippen LogP contribution is 2.17. The minimum absolute atomic E-state index is 0.222. The molecular formula is C7H8F2N2O. The number of imidazole rings is 1. The zero-order valence-electron chi connectivity index (χ0n) is 6.71. The van der Waals surface area contributed by atoms with Gasteiger partial charge in [-0.15, -0.1) is 0 Å². The molecule has 0 atom stereocenters. The number of hydrogen-bond donors (Lipinski definition) is 0. The van der Waals surface area contributed by atoms with Gasteiger partial charge in [0.15, 0.2) is 12.1 Å². The number of alkyl halides is 2. The molecule has 0 aliphatic heterocycles. The minimum Gasteiger partial charge on any atom is -0.294 e. The number of halogens is 2. The number of carbonyl (C=O) groups excluding carboxylic acids is 1. The molecule has 0 unspecified atom stereocenters. The number of carbonyl (C=O) groups is 1. The SMILES string of the molecule is Cc1nc(C=O)n(C(F)F)c1C. The van der Waals surface area contributed by atoms with Crippen LogP contribution in [0.2, 0.25) is 0 Å². The van der Waals surface area contributed by atoms with Gasteiger partial charge in [0.2, 0.25) is 0 Å². The van der Waals surface area contributed by atoms with E-state index in [1.807, 2.05) is 0 Å². The van der Waals surface area contributed by atoms with Crippen LogP contribution in [0, 0.1) is 13.8 Å². The summed E-state index contributed by atoms with van der Waals surface area (Å²) in [6.45, 7) is 0.384. The topological polar surface area (TPSA) is 34.9 Å². The van der Waals surface area contributed by atoms with Crippen LogP contribution in [-0.2, 0) is 0 Å². The third-order valence-electron chi connectivity index (χ3n) is 1.71. The number of aryl methyl sites for hydroxylation is 1. The number of hydrogen-bond acceptors (Lipinski definition) is 2. The lowest BCUT2D eigenvalue weighted by Crippen LogP contribution is -2.05. The first-order valence-corrected chi connectivity index (χ1v) is 3.36. The van der Waals surface area contributed by atoms with E-state index >= 15 is 0 Å². The van der Waals surface area contributed by atoms with Gasteiger partial charge in [0, 0.05) is 5.69 Å². The zero-order chi connectivity index (χ0) is 9.30. The second kappa shape index (κ2) is 3.00. The summed E-state index contributed by atoms with van der Waals surface area (Å²) in [6, 6.07) is 0. The molecule has 0 saturated carbocycles. The number of rotatable bonds is 2. The molecule has 1 aromatic rings. The summed E-state index contributed by atoms with van der Waals surface area (Å²) in [5.41, 5.74) is 0.782. The molecule has 1 aromatic heterocycles. The maximum atomic E-state index is 12.3. The van der Waals surface area contributed by atoms with Crippen LogP contribution in [0.1, 0.15) is 28.6 Å². The molecule has 0 N–H and O–H groups in total. The molecule has 0 fully saturated rings. The molecule has 0 radical (unpaired) electrons. The third kappa shape index (κ3) is 1.22. The summed E-state index contributed by atoms with van der Waals surface area (Å²) in [5.74, 6) is -0.222. The predicted octanol–water partition coefficient (Wildman–Crippen LogP) is 1.71. The van der Waals surface area contributed by atoms with E-state index < -0.39 is 6.55 Å². The quantitative estimate of drug-likeness (QED) is 0.639. The highest BCUT2D eigenvalue weighted by atomic mass is 19.3. The Bertz CT molecular complexity index is 307. The van der Waals surface area contributed by atoms with Gasteiger partial charge in [-0.3, -0.25) is 9.36 Å². The van der Waals surface area contributed by atoms with Gasteiger partial charge in [-0.1, -0.05) is 0 Å². The highest BCUT2D eigenvalue weighted by molar-refractivity contribution is 5.69. The maximum Gasteiger partial charge on any atom is 0.320 e. The molecule has 0 aliphatic rings. The fourth-order valence-electron chi connectivity index (χ4n) is 0.982. The van der Waals surface area contributed by atoms with E-state index in [1.165, 1.54) is 6.92 Å². The fraction of sp³-hybridized carbons (Fsp3) is 0.429. The summed E-state index contributed by atoms with van der Waals surface area (Å²) in [4.78, 5) is 13.9. The van der Waals surface area contributed by atoms with Crippen LogP contribution in [0.15, 0.2) is 0 Å². The average molecular weight is 174 g/mol. The Morgan fingerprint density at radius 2 is 2.08 bits per heavy atom. The van der Waals surface area contributed by atoms with Gasteiger partial charge in [-0.2, -0.15) is 8.78 Å². The number of aldehydes is 1. The van der Waals surface area contributed by atoms with Gasteiger partial charge >= 0.3 is 6.55 Å². The van der Waals surface area contributed by atoms with Crippen molar-refractivity contribution >= 4 is 6.29 Å². The van der Waals surface area contributed by atoms with E-state index in [2.05, 4.69) is 4.98 Å². The molecule has 0 spiro atoms. The van der Waals surface area contributed by atoms with Gasteiger partial charge in [0.1, 0.15) is 0 Å². The van der Waals surface area contributed by atoms with Crippen LogP contribution in [0.3, 0.4) is 0 Å². The molecule has 0 aromatic carbocycles. The van der Waals surface area contributed by atoms with Crippen LogP contribution >= 0.6 is 0 Å². The summed E-state index contributed by atoms with van der Waals surface area (Å²) in [6.07, 6.45) is 0.326. The van der Waals surface area contributed by atoms with Crippen molar-refractivity contribution in [2.24, 2.45) is 0 Å². The van der Waals surface area contributed by atoms with E-state index in [-0.39, 0.29) is 5.82 Å². The first-order valence-electron chi connectivity index (χ1n) is 3.36. The Hall–Kier alpha value is -1.26. The molecule has 0 bridgehead atoms. The monoisotopic (exact) mass is 174 g/mol. The first-order chi connectivity index (χ1) is 5.57. The average Bonchev–Trinajstić information content (AvgIpc) is 2.28. The summed E-state index contributed by atoms with van der Waals surface area (Å²) >= 11 is 0. The fourth-order valence-corrected chi connectivity index (χ4v) is 0.982. The lowest BCUT2D eigenvalue weighted by molar-refractivity contribution is 0.0640. The Morgan fingerprint density at radius 3 is 2.42 bits per heavy atom. The molecule has 5 heteroatoms. The maximum absolute atomic E-state index is 12.3. The van der Waals surface area contributed by atoms with Crippen molar-refractivity contribution in [2.75, 3.05) is 0 Å². The van der Waals surface area contributed by atoms with E-state index in [9.17, 15) is 13.6 Å². The summed E-state index contributed by atoms with van der Waals surface area (Å²) < 4.78 is 25.1. The van der Waals surface area contributed by atoms with Gasteiger partial charge in [-0.25, -0.2) is 4.98 Å². The van der Waals surface area contributed by atoms with Crippen LogP contribution in [-0.4, -0.2) is 15.8 Å². The highest BCUT2D eigenvalue weighted by Gasteiger charge is 2.16. The summed E-state index contributed by atoms with van der Waals surface area (Å²) in [7, 11) is 0. The van der Waals surface area contributed by atoms with Gasteiger partial charge in [0.25, 0.3) is 0 Å². The van der Waals surface area contributed by atoms with E-state index in [0.717, 1.165) is 0 Å². The molecule has 3 nitrogen and oxygen atoms in total. The minimum atomic E-state index is -2.70. The molecule has 0 aliphatic carbocycles. The number of nitrogens with zero attached hydrogens (tertiary/aromatic N) is 2. The Labute approximate surface area is 68.0 Å². The molecule has 12 heavy (non-hydrogen) atoms. The first kappa shape index (κ1) is 8.83. The van der Waals surface area contributed by atoms with Crippen molar-refractivity contribution in [3.63, 3.8) is 0 Å². The Kier molecular flexibility index (Phi) is 2.21. The second-order valence-electron chi connectivity index (χ2n) is 2.41. The van der Waals surface area contributed by atoms with Crippen molar-refractivity contribution in [3.05, 3.63) is 17.2 Å². The molecule has 0 saturated heterocycles. The second-order valence-corrected chi connectivity index (χ2v) is 2.41. The van der Waals surface area contributed by atoms with E-state index in [0.29, 0.717) is 22.2 Å².